The van der Waals surface area contributed by atoms with Gasteiger partial charge in [0, 0.05) is 19.1 Å². The summed E-state index contributed by atoms with van der Waals surface area (Å²) in [5.41, 5.74) is 4.82. The van der Waals surface area contributed by atoms with Crippen molar-refractivity contribution in [3.63, 3.8) is 0 Å². The number of carbonyl (C=O) groups excluding carboxylic acids is 1. The van der Waals surface area contributed by atoms with Crippen LogP contribution in [0.5, 0.6) is 11.5 Å². The third-order valence-corrected chi connectivity index (χ3v) is 5.04. The fourth-order valence-electron chi connectivity index (χ4n) is 3.59. The van der Waals surface area contributed by atoms with Gasteiger partial charge in [0.05, 0.1) is 17.4 Å². The third-order valence-electron chi connectivity index (χ3n) is 5.04. The van der Waals surface area contributed by atoms with E-state index < -0.39 is 0 Å². The highest BCUT2D eigenvalue weighted by molar-refractivity contribution is 5.97. The second-order valence-corrected chi connectivity index (χ2v) is 7.49. The van der Waals surface area contributed by atoms with E-state index in [4.69, 9.17) is 14.7 Å². The first-order chi connectivity index (χ1) is 15.4. The van der Waals surface area contributed by atoms with Crippen LogP contribution in [0.3, 0.4) is 0 Å². The first-order valence-electron chi connectivity index (χ1n) is 10.1. The SMILES string of the molecule is C=C(C)Oc1ccc(OC(C)=O)c2ccc(-c3ccc(-c4ccc(C#N)cc4)cc3)cc12.[HH]. The zero-order valence-electron chi connectivity index (χ0n) is 17.9. The number of rotatable bonds is 5. The molecule has 158 valence electrons. The first kappa shape index (κ1) is 20.9. The van der Waals surface area contributed by atoms with Gasteiger partial charge in [-0.2, -0.15) is 5.26 Å². The summed E-state index contributed by atoms with van der Waals surface area (Å²) in [4.78, 5) is 11.5. The zero-order chi connectivity index (χ0) is 22.7. The second kappa shape index (κ2) is 8.79. The highest BCUT2D eigenvalue weighted by Crippen LogP contribution is 2.37. The Bertz CT molecular complexity index is 1370. The molecule has 0 saturated carbocycles. The Kier molecular flexibility index (Phi) is 5.74. The van der Waals surface area contributed by atoms with Crippen molar-refractivity contribution in [1.82, 2.24) is 0 Å². The molecule has 0 aliphatic rings. The Morgan fingerprint density at radius 1 is 0.750 bits per heavy atom. The monoisotopic (exact) mass is 421 g/mol. The summed E-state index contributed by atoms with van der Waals surface area (Å²) < 4.78 is 11.2. The lowest BCUT2D eigenvalue weighted by Crippen LogP contribution is -2.02. The molecule has 0 fully saturated rings. The molecular weight excluding hydrogens is 398 g/mol. The van der Waals surface area contributed by atoms with E-state index in [2.05, 4.69) is 36.9 Å². The second-order valence-electron chi connectivity index (χ2n) is 7.49. The maximum atomic E-state index is 11.5. The van der Waals surface area contributed by atoms with E-state index in [9.17, 15) is 4.79 Å². The summed E-state index contributed by atoms with van der Waals surface area (Å²) >= 11 is 0. The Labute approximate surface area is 188 Å². The number of hydrogen-bond donors (Lipinski definition) is 0. The molecule has 4 heteroatoms. The predicted octanol–water partition coefficient (Wildman–Crippen LogP) is 7.13. The smallest absolute Gasteiger partial charge is 0.308 e. The van der Waals surface area contributed by atoms with Gasteiger partial charge in [0.1, 0.15) is 11.5 Å². The van der Waals surface area contributed by atoms with Crippen molar-refractivity contribution in [2.24, 2.45) is 0 Å². The lowest BCUT2D eigenvalue weighted by molar-refractivity contribution is -0.131. The molecule has 4 aromatic rings. The number of hydrogen-bond acceptors (Lipinski definition) is 4. The largest absolute Gasteiger partial charge is 0.462 e. The molecule has 0 aliphatic carbocycles. The van der Waals surface area contributed by atoms with Crippen LogP contribution in [-0.2, 0) is 4.79 Å². The molecule has 0 amide bonds. The number of esters is 1. The number of fused-ring (bicyclic) bond motifs is 1. The molecule has 0 radical (unpaired) electrons. The van der Waals surface area contributed by atoms with Crippen molar-refractivity contribution < 1.29 is 15.7 Å². The average Bonchev–Trinajstić information content (AvgIpc) is 2.80. The van der Waals surface area contributed by atoms with Gasteiger partial charge in [-0.1, -0.05) is 49.0 Å². The molecule has 32 heavy (non-hydrogen) atoms. The maximum Gasteiger partial charge on any atom is 0.308 e. The molecule has 4 rings (SSSR count). The molecule has 0 aliphatic heterocycles. The van der Waals surface area contributed by atoms with Crippen molar-refractivity contribution >= 4 is 16.7 Å². The Morgan fingerprint density at radius 3 is 1.78 bits per heavy atom. The summed E-state index contributed by atoms with van der Waals surface area (Å²) in [6, 6.07) is 27.4. The minimum Gasteiger partial charge on any atom is -0.462 e. The molecule has 0 bridgehead atoms. The minimum absolute atomic E-state index is 0. The van der Waals surface area contributed by atoms with Gasteiger partial charge in [-0.05, 0) is 65.6 Å². The van der Waals surface area contributed by atoms with Crippen LogP contribution in [-0.4, -0.2) is 5.97 Å². The van der Waals surface area contributed by atoms with Crippen LogP contribution in [0.2, 0.25) is 0 Å². The van der Waals surface area contributed by atoms with Crippen LogP contribution in [0.25, 0.3) is 33.0 Å². The van der Waals surface area contributed by atoms with E-state index >= 15 is 0 Å². The van der Waals surface area contributed by atoms with Crippen molar-refractivity contribution in [2.45, 2.75) is 13.8 Å². The summed E-state index contributed by atoms with van der Waals surface area (Å²) in [6.07, 6.45) is 0. The van der Waals surface area contributed by atoms with Gasteiger partial charge in [0.15, 0.2) is 0 Å². The fourth-order valence-corrected chi connectivity index (χ4v) is 3.59. The lowest BCUT2D eigenvalue weighted by Gasteiger charge is -2.13. The van der Waals surface area contributed by atoms with Gasteiger partial charge >= 0.3 is 5.97 Å². The summed E-state index contributed by atoms with van der Waals surface area (Å²) in [5.74, 6) is 1.34. The molecule has 0 aromatic heterocycles. The normalized spacial score (nSPS) is 10.4. The van der Waals surface area contributed by atoms with Gasteiger partial charge in [0.2, 0.25) is 0 Å². The van der Waals surface area contributed by atoms with Gasteiger partial charge in [-0.15, -0.1) is 0 Å². The number of benzene rings is 4. The molecule has 0 N–H and O–H groups in total. The van der Waals surface area contributed by atoms with Crippen molar-refractivity contribution in [1.29, 1.82) is 5.26 Å². The van der Waals surface area contributed by atoms with E-state index in [1.54, 1.807) is 19.1 Å². The molecule has 0 atom stereocenters. The van der Waals surface area contributed by atoms with Crippen LogP contribution in [0, 0.1) is 11.3 Å². The minimum atomic E-state index is -0.373. The molecule has 0 spiro atoms. The topological polar surface area (TPSA) is 59.3 Å². The summed E-state index contributed by atoms with van der Waals surface area (Å²) in [7, 11) is 0. The number of nitriles is 1. The average molecular weight is 421 g/mol. The molecule has 4 nitrogen and oxygen atoms in total. The van der Waals surface area contributed by atoms with Crippen molar-refractivity contribution in [2.75, 3.05) is 0 Å². The number of carbonyl (C=O) groups is 1. The number of nitrogens with zero attached hydrogens (tertiary/aromatic N) is 1. The van der Waals surface area contributed by atoms with E-state index in [1.807, 2.05) is 42.5 Å². The Balaban J connectivity index is 0.00000306. The number of ether oxygens (including phenoxy) is 2. The fraction of sp³-hybridized carbons (Fsp3) is 0.0714. The molecule has 0 unspecified atom stereocenters. The quantitative estimate of drug-likeness (QED) is 0.195. The highest BCUT2D eigenvalue weighted by atomic mass is 16.5. The van der Waals surface area contributed by atoms with Crippen molar-refractivity contribution in [3.8, 4) is 39.8 Å². The molecular formula is C28H23NO3. The van der Waals surface area contributed by atoms with E-state index in [1.165, 1.54) is 6.92 Å². The molecule has 0 heterocycles. The van der Waals surface area contributed by atoms with Gasteiger partial charge < -0.3 is 9.47 Å². The standard InChI is InChI=1S/C28H21NO3.H2/c1-18(2)31-28-15-14-27(32-19(3)30)25-13-12-24(16-26(25)28)23-10-8-22(9-11-23)21-6-4-20(17-29)5-7-21;/h4-16H,1H2,2-3H3;1H. The maximum absolute atomic E-state index is 11.5. The zero-order valence-corrected chi connectivity index (χ0v) is 17.9. The van der Waals surface area contributed by atoms with Crippen LogP contribution >= 0.6 is 0 Å². The summed E-state index contributed by atoms with van der Waals surface area (Å²) in [6.45, 7) is 7.00. The van der Waals surface area contributed by atoms with Crippen LogP contribution in [0.1, 0.15) is 20.8 Å². The Hall–Kier alpha value is -4.36. The first-order valence-corrected chi connectivity index (χ1v) is 10.1. The van der Waals surface area contributed by atoms with Crippen molar-refractivity contribution in [3.05, 3.63) is 96.8 Å². The van der Waals surface area contributed by atoms with Crippen LogP contribution in [0.15, 0.2) is 91.2 Å². The lowest BCUT2D eigenvalue weighted by atomic mass is 9.97. The van der Waals surface area contributed by atoms with E-state index in [0.717, 1.165) is 33.0 Å². The van der Waals surface area contributed by atoms with Gasteiger partial charge in [-0.25, -0.2) is 0 Å². The van der Waals surface area contributed by atoms with Crippen LogP contribution in [0.4, 0.5) is 0 Å². The van der Waals surface area contributed by atoms with Gasteiger partial charge in [0.25, 0.3) is 0 Å². The molecule has 0 saturated heterocycles. The molecule has 4 aromatic carbocycles. The number of allylic oxidation sites excluding steroid dienone is 1. The highest BCUT2D eigenvalue weighted by Gasteiger charge is 2.12. The van der Waals surface area contributed by atoms with E-state index in [-0.39, 0.29) is 7.40 Å². The Morgan fingerprint density at radius 2 is 1.25 bits per heavy atom. The summed E-state index contributed by atoms with van der Waals surface area (Å²) in [5, 5.41) is 10.6. The predicted molar refractivity (Wildman–Crippen MR) is 128 cm³/mol. The van der Waals surface area contributed by atoms with Crippen LogP contribution < -0.4 is 9.47 Å². The van der Waals surface area contributed by atoms with E-state index in [0.29, 0.717) is 22.8 Å². The third kappa shape index (κ3) is 4.38. The van der Waals surface area contributed by atoms with Gasteiger partial charge in [-0.3, -0.25) is 4.79 Å².